The highest BCUT2D eigenvalue weighted by Gasteiger charge is 2.15. The van der Waals surface area contributed by atoms with Crippen LogP contribution in [0, 0.1) is 13.8 Å². The van der Waals surface area contributed by atoms with Gasteiger partial charge in [-0.25, -0.2) is 9.59 Å². The van der Waals surface area contributed by atoms with Gasteiger partial charge in [-0.3, -0.25) is 0 Å². The molecule has 2 N–H and O–H groups in total. The van der Waals surface area contributed by atoms with E-state index in [4.69, 9.17) is 21.7 Å². The Hall–Kier alpha value is -2.93. The number of aryl methyl sites for hydroxylation is 2. The summed E-state index contributed by atoms with van der Waals surface area (Å²) < 4.78 is 10.1. The van der Waals surface area contributed by atoms with Gasteiger partial charge in [-0.1, -0.05) is 6.07 Å². The van der Waals surface area contributed by atoms with Crippen LogP contribution in [0.2, 0.25) is 0 Å². The molecule has 148 valence electrons. The minimum absolute atomic E-state index is 0.234. The van der Waals surface area contributed by atoms with Gasteiger partial charge in [0.15, 0.2) is 5.11 Å². The molecule has 0 saturated heterocycles. The van der Waals surface area contributed by atoms with Crippen molar-refractivity contribution in [1.29, 1.82) is 0 Å². The summed E-state index contributed by atoms with van der Waals surface area (Å²) in [5.41, 5.74) is 4.03. The molecule has 2 aromatic rings. The van der Waals surface area contributed by atoms with Crippen LogP contribution in [-0.4, -0.2) is 30.3 Å². The van der Waals surface area contributed by atoms with E-state index in [1.54, 1.807) is 26.0 Å². The van der Waals surface area contributed by atoms with Crippen molar-refractivity contribution in [2.75, 3.05) is 23.8 Å². The summed E-state index contributed by atoms with van der Waals surface area (Å²) >= 11 is 5.37. The standard InChI is InChI=1S/C21H24N2O4S/c1-5-26-19(24)15-10-16(20(25)27-6-2)12-18(11-15)23-21(28)22-17-8-13(3)7-14(4)9-17/h7-12H,5-6H2,1-4H3,(H2,22,23,28). The molecule has 6 nitrogen and oxygen atoms in total. The number of esters is 2. The molecule has 0 aromatic heterocycles. The van der Waals surface area contributed by atoms with Crippen molar-refractivity contribution in [1.82, 2.24) is 0 Å². The van der Waals surface area contributed by atoms with Crippen LogP contribution in [0.4, 0.5) is 11.4 Å². The third kappa shape index (κ3) is 6.06. The van der Waals surface area contributed by atoms with Gasteiger partial charge in [-0.15, -0.1) is 0 Å². The number of hydrogen-bond donors (Lipinski definition) is 2. The molecular formula is C21H24N2O4S. The van der Waals surface area contributed by atoms with E-state index in [9.17, 15) is 9.59 Å². The third-order valence-electron chi connectivity index (χ3n) is 3.69. The lowest BCUT2D eigenvalue weighted by molar-refractivity contribution is 0.0525. The second-order valence-electron chi connectivity index (χ2n) is 6.20. The number of nitrogens with one attached hydrogen (secondary N) is 2. The van der Waals surface area contributed by atoms with Crippen molar-refractivity contribution >= 4 is 40.6 Å². The second kappa shape index (κ2) is 9.85. The highest BCUT2D eigenvalue weighted by atomic mass is 32.1. The zero-order valence-electron chi connectivity index (χ0n) is 16.4. The smallest absolute Gasteiger partial charge is 0.338 e. The molecule has 0 aliphatic carbocycles. The molecule has 7 heteroatoms. The minimum atomic E-state index is -0.523. The van der Waals surface area contributed by atoms with Crippen molar-refractivity contribution in [2.45, 2.75) is 27.7 Å². The van der Waals surface area contributed by atoms with Gasteiger partial charge in [-0.2, -0.15) is 0 Å². The molecule has 0 unspecified atom stereocenters. The van der Waals surface area contributed by atoms with Crippen molar-refractivity contribution in [2.24, 2.45) is 0 Å². The Morgan fingerprint density at radius 2 is 1.21 bits per heavy atom. The maximum absolute atomic E-state index is 12.1. The number of benzene rings is 2. The number of rotatable bonds is 6. The molecule has 0 aliphatic rings. The number of carbonyl (C=O) groups is 2. The van der Waals surface area contributed by atoms with Crippen molar-refractivity contribution in [3.05, 3.63) is 58.7 Å². The summed E-state index contributed by atoms with van der Waals surface area (Å²) in [5.74, 6) is -1.05. The van der Waals surface area contributed by atoms with E-state index in [1.807, 2.05) is 26.0 Å². The molecular weight excluding hydrogens is 376 g/mol. The lowest BCUT2D eigenvalue weighted by Gasteiger charge is -2.14. The van der Waals surface area contributed by atoms with Gasteiger partial charge in [-0.05, 0) is 81.4 Å². The van der Waals surface area contributed by atoms with Crippen LogP contribution in [0.25, 0.3) is 0 Å². The number of anilines is 2. The highest BCUT2D eigenvalue weighted by Crippen LogP contribution is 2.19. The fraction of sp³-hybridized carbons (Fsp3) is 0.286. The van der Waals surface area contributed by atoms with Crippen molar-refractivity contribution < 1.29 is 19.1 Å². The van der Waals surface area contributed by atoms with E-state index in [0.717, 1.165) is 16.8 Å². The molecule has 0 radical (unpaired) electrons. The summed E-state index contributed by atoms with van der Waals surface area (Å²) in [6.07, 6.45) is 0. The first-order valence-corrected chi connectivity index (χ1v) is 9.38. The monoisotopic (exact) mass is 400 g/mol. The van der Waals surface area contributed by atoms with E-state index < -0.39 is 11.9 Å². The lowest BCUT2D eigenvalue weighted by Crippen LogP contribution is -2.20. The Morgan fingerprint density at radius 1 is 0.786 bits per heavy atom. The van der Waals surface area contributed by atoms with E-state index in [2.05, 4.69) is 16.7 Å². The van der Waals surface area contributed by atoms with Crippen molar-refractivity contribution in [3.8, 4) is 0 Å². The van der Waals surface area contributed by atoms with Crippen LogP contribution in [0.15, 0.2) is 36.4 Å². The van der Waals surface area contributed by atoms with Gasteiger partial charge < -0.3 is 20.1 Å². The summed E-state index contributed by atoms with van der Waals surface area (Å²) in [6.45, 7) is 7.91. The first kappa shape index (κ1) is 21.4. The van der Waals surface area contributed by atoms with Crippen LogP contribution in [0.1, 0.15) is 45.7 Å². The summed E-state index contributed by atoms with van der Waals surface area (Å²) in [5, 5.41) is 6.45. The average Bonchev–Trinajstić information content (AvgIpc) is 2.60. The SMILES string of the molecule is CCOC(=O)c1cc(NC(=S)Nc2cc(C)cc(C)c2)cc(C(=O)OCC)c1. The van der Waals surface area contributed by atoms with E-state index in [-0.39, 0.29) is 24.3 Å². The molecule has 0 aliphatic heterocycles. The first-order valence-electron chi connectivity index (χ1n) is 8.98. The summed E-state index contributed by atoms with van der Waals surface area (Å²) in [6, 6.07) is 10.6. The predicted octanol–water partition coefficient (Wildman–Crippen LogP) is 4.47. The lowest BCUT2D eigenvalue weighted by atomic mass is 10.1. The van der Waals surface area contributed by atoms with Gasteiger partial charge >= 0.3 is 11.9 Å². The first-order chi connectivity index (χ1) is 13.3. The molecule has 0 saturated carbocycles. The van der Waals surface area contributed by atoms with Gasteiger partial charge in [0.2, 0.25) is 0 Å². The zero-order valence-corrected chi connectivity index (χ0v) is 17.2. The van der Waals surface area contributed by atoms with Gasteiger partial charge in [0.05, 0.1) is 24.3 Å². The van der Waals surface area contributed by atoms with E-state index >= 15 is 0 Å². The Bertz CT molecular complexity index is 839. The Morgan fingerprint density at radius 3 is 1.64 bits per heavy atom. The fourth-order valence-electron chi connectivity index (χ4n) is 2.70. The molecule has 0 amide bonds. The van der Waals surface area contributed by atoms with Gasteiger partial charge in [0.1, 0.15) is 0 Å². The molecule has 2 rings (SSSR count). The van der Waals surface area contributed by atoms with Crippen LogP contribution in [0.3, 0.4) is 0 Å². The molecule has 0 atom stereocenters. The van der Waals surface area contributed by atoms with Crippen LogP contribution in [-0.2, 0) is 9.47 Å². The van der Waals surface area contributed by atoms with E-state index in [0.29, 0.717) is 10.8 Å². The Labute approximate surface area is 170 Å². The van der Waals surface area contributed by atoms with Gasteiger partial charge in [0, 0.05) is 11.4 Å². The fourth-order valence-corrected chi connectivity index (χ4v) is 2.94. The Kier molecular flexibility index (Phi) is 7.52. The topological polar surface area (TPSA) is 76.7 Å². The van der Waals surface area contributed by atoms with Crippen molar-refractivity contribution in [3.63, 3.8) is 0 Å². The highest BCUT2D eigenvalue weighted by molar-refractivity contribution is 7.80. The van der Waals surface area contributed by atoms with E-state index in [1.165, 1.54) is 6.07 Å². The molecule has 28 heavy (non-hydrogen) atoms. The number of carbonyl (C=O) groups excluding carboxylic acids is 2. The Balaban J connectivity index is 2.25. The molecule has 0 heterocycles. The zero-order chi connectivity index (χ0) is 20.7. The summed E-state index contributed by atoms with van der Waals surface area (Å²) in [7, 11) is 0. The average molecular weight is 401 g/mol. The normalized spacial score (nSPS) is 10.1. The number of hydrogen-bond acceptors (Lipinski definition) is 5. The minimum Gasteiger partial charge on any atom is -0.462 e. The molecule has 0 bridgehead atoms. The predicted molar refractivity (Wildman–Crippen MR) is 114 cm³/mol. The van der Waals surface area contributed by atoms with Gasteiger partial charge in [0.25, 0.3) is 0 Å². The molecule has 2 aromatic carbocycles. The molecule has 0 fully saturated rings. The maximum atomic E-state index is 12.1. The third-order valence-corrected chi connectivity index (χ3v) is 3.90. The molecule has 0 spiro atoms. The number of ether oxygens (including phenoxy) is 2. The largest absolute Gasteiger partial charge is 0.462 e. The second-order valence-corrected chi connectivity index (χ2v) is 6.60. The summed E-state index contributed by atoms with van der Waals surface area (Å²) in [4.78, 5) is 24.3. The number of thiocarbonyl (C=S) groups is 1. The van der Waals surface area contributed by atoms with Crippen LogP contribution >= 0.6 is 12.2 Å². The maximum Gasteiger partial charge on any atom is 0.338 e. The van der Waals surface area contributed by atoms with Crippen LogP contribution < -0.4 is 10.6 Å². The quantitative estimate of drug-likeness (QED) is 0.547. The van der Waals surface area contributed by atoms with Crippen LogP contribution in [0.5, 0.6) is 0 Å².